The number of carbonyl (C=O) groups excluding carboxylic acids is 3. The Hall–Kier alpha value is -1.89. The Kier molecular flexibility index (Phi) is 7.72. The van der Waals surface area contributed by atoms with Crippen LogP contribution in [0.5, 0.6) is 0 Å². The summed E-state index contributed by atoms with van der Waals surface area (Å²) in [5.74, 6) is -2.20. The Labute approximate surface area is 180 Å². The molecule has 30 heavy (non-hydrogen) atoms. The van der Waals surface area contributed by atoms with Gasteiger partial charge in [0.05, 0.1) is 24.5 Å². The number of amides is 3. The van der Waals surface area contributed by atoms with E-state index >= 15 is 0 Å². The first-order valence-corrected chi connectivity index (χ1v) is 11.1. The molecule has 7 nitrogen and oxygen atoms in total. The van der Waals surface area contributed by atoms with Gasteiger partial charge in [0.25, 0.3) is 0 Å². The third kappa shape index (κ3) is 4.71. The average molecular weight is 422 g/mol. The van der Waals surface area contributed by atoms with Crippen molar-refractivity contribution in [3.63, 3.8) is 0 Å². The van der Waals surface area contributed by atoms with E-state index in [1.54, 1.807) is 11.9 Å². The van der Waals surface area contributed by atoms with Crippen molar-refractivity contribution in [2.24, 2.45) is 29.6 Å². The third-order valence-electron chi connectivity index (χ3n) is 6.30. The number of carbonyl (C=O) groups is 3. The number of allylic oxidation sites excluding steroid dienone is 1. The number of nitrogens with zero attached hydrogens (tertiary/aromatic N) is 1. The van der Waals surface area contributed by atoms with Crippen molar-refractivity contribution in [1.82, 2.24) is 15.5 Å². The first-order valence-electron chi connectivity index (χ1n) is 11.1. The lowest BCUT2D eigenvalue weighted by atomic mass is 9.68. The highest BCUT2D eigenvalue weighted by molar-refractivity contribution is 5.97. The molecule has 0 unspecified atom stereocenters. The van der Waals surface area contributed by atoms with Crippen molar-refractivity contribution < 1.29 is 19.5 Å². The van der Waals surface area contributed by atoms with Gasteiger partial charge in [-0.15, -0.1) is 0 Å². The van der Waals surface area contributed by atoms with E-state index in [4.69, 9.17) is 0 Å². The van der Waals surface area contributed by atoms with Crippen molar-refractivity contribution in [3.05, 3.63) is 12.2 Å². The molecule has 0 spiro atoms. The molecule has 1 saturated heterocycles. The number of likely N-dealkylation sites (tertiary alicyclic amines) is 1. The molecule has 1 heterocycles. The van der Waals surface area contributed by atoms with Gasteiger partial charge in [-0.1, -0.05) is 39.3 Å². The second-order valence-corrected chi connectivity index (χ2v) is 10.0. The van der Waals surface area contributed by atoms with Gasteiger partial charge in [0.1, 0.15) is 6.04 Å². The van der Waals surface area contributed by atoms with Gasteiger partial charge in [0.2, 0.25) is 17.7 Å². The van der Waals surface area contributed by atoms with E-state index < -0.39 is 35.4 Å². The molecular formula is C23H39N3O4. The van der Waals surface area contributed by atoms with Crippen molar-refractivity contribution in [2.45, 2.75) is 72.0 Å². The molecule has 1 aliphatic heterocycles. The summed E-state index contributed by atoms with van der Waals surface area (Å²) in [5, 5.41) is 15.8. The SMILES string of the molecule is CCC[C@@H]1C=C[C@H]2[C@H](C(=O)N([C@@H](CO)C(C)C)[C@@H]2C(=O)NC(C)(C)C)[C@@H]1C(=O)NC. The zero-order valence-corrected chi connectivity index (χ0v) is 19.4. The summed E-state index contributed by atoms with van der Waals surface area (Å²) in [6.07, 6.45) is 5.68. The lowest BCUT2D eigenvalue weighted by Gasteiger charge is -2.36. The second-order valence-electron chi connectivity index (χ2n) is 10.0. The van der Waals surface area contributed by atoms with Crippen LogP contribution in [0.3, 0.4) is 0 Å². The van der Waals surface area contributed by atoms with Gasteiger partial charge in [0.15, 0.2) is 0 Å². The maximum atomic E-state index is 13.7. The third-order valence-corrected chi connectivity index (χ3v) is 6.30. The van der Waals surface area contributed by atoms with Gasteiger partial charge in [0, 0.05) is 18.5 Å². The van der Waals surface area contributed by atoms with Crippen LogP contribution >= 0.6 is 0 Å². The molecule has 0 bridgehead atoms. The summed E-state index contributed by atoms with van der Waals surface area (Å²) in [7, 11) is 1.59. The van der Waals surface area contributed by atoms with E-state index in [1.165, 1.54) is 0 Å². The fourth-order valence-corrected chi connectivity index (χ4v) is 5.00. The zero-order valence-electron chi connectivity index (χ0n) is 19.4. The highest BCUT2D eigenvalue weighted by Crippen LogP contribution is 2.46. The van der Waals surface area contributed by atoms with Crippen molar-refractivity contribution >= 4 is 17.7 Å². The highest BCUT2D eigenvalue weighted by atomic mass is 16.3. The lowest BCUT2D eigenvalue weighted by molar-refractivity contribution is -0.144. The normalized spacial score (nSPS) is 29.7. The molecule has 0 aromatic heterocycles. The second kappa shape index (κ2) is 9.50. The molecular weight excluding hydrogens is 382 g/mol. The van der Waals surface area contributed by atoms with E-state index in [0.29, 0.717) is 0 Å². The minimum Gasteiger partial charge on any atom is -0.394 e. The molecule has 1 aliphatic carbocycles. The maximum absolute atomic E-state index is 13.7. The van der Waals surface area contributed by atoms with Crippen LogP contribution in [0.15, 0.2) is 12.2 Å². The highest BCUT2D eigenvalue weighted by Gasteiger charge is 2.58. The van der Waals surface area contributed by atoms with Crippen LogP contribution in [0.4, 0.5) is 0 Å². The van der Waals surface area contributed by atoms with Gasteiger partial charge >= 0.3 is 0 Å². The van der Waals surface area contributed by atoms with Crippen LogP contribution in [0, 0.1) is 29.6 Å². The topological polar surface area (TPSA) is 98.7 Å². The largest absolute Gasteiger partial charge is 0.394 e. The van der Waals surface area contributed by atoms with Crippen LogP contribution in [-0.2, 0) is 14.4 Å². The first kappa shape index (κ1) is 24.4. The summed E-state index contributed by atoms with van der Waals surface area (Å²) >= 11 is 0. The molecule has 7 heteroatoms. The van der Waals surface area contributed by atoms with Crippen molar-refractivity contribution in [3.8, 4) is 0 Å². The molecule has 1 fully saturated rings. The number of aliphatic hydroxyl groups is 1. The fraction of sp³-hybridized carbons (Fsp3) is 0.783. The standard InChI is InChI=1S/C23H39N3O4/c1-8-9-14-10-11-15-18(17(14)20(28)24-7)22(30)26(16(12-27)13(2)3)19(15)21(29)25-23(4,5)6/h10-11,13-19,27H,8-9,12H2,1-7H3,(H,24,28)(H,25,29)/t14-,15+,16+,17-,18+,19+/m1/s1. The van der Waals surface area contributed by atoms with Crippen LogP contribution in [0.1, 0.15) is 54.4 Å². The molecule has 6 atom stereocenters. The summed E-state index contributed by atoms with van der Waals surface area (Å²) in [5.41, 5.74) is -0.459. The molecule has 2 aliphatic rings. The molecule has 0 aromatic carbocycles. The molecule has 2 rings (SSSR count). The summed E-state index contributed by atoms with van der Waals surface area (Å²) in [6.45, 7) is 11.4. The number of hydrogen-bond donors (Lipinski definition) is 3. The summed E-state index contributed by atoms with van der Waals surface area (Å²) < 4.78 is 0. The predicted octanol–water partition coefficient (Wildman–Crippen LogP) is 1.71. The molecule has 0 radical (unpaired) electrons. The lowest BCUT2D eigenvalue weighted by Crippen LogP contribution is -2.56. The van der Waals surface area contributed by atoms with E-state index in [9.17, 15) is 19.5 Å². The molecule has 0 saturated carbocycles. The molecule has 3 amide bonds. The quantitative estimate of drug-likeness (QED) is 0.545. The Bertz CT molecular complexity index is 682. The minimum atomic E-state index is -0.743. The molecule has 170 valence electrons. The molecule has 0 aromatic rings. The van der Waals surface area contributed by atoms with Crippen LogP contribution in [0.25, 0.3) is 0 Å². The van der Waals surface area contributed by atoms with Crippen LogP contribution in [-0.4, -0.2) is 59.0 Å². The van der Waals surface area contributed by atoms with E-state index in [0.717, 1.165) is 12.8 Å². The van der Waals surface area contributed by atoms with Crippen molar-refractivity contribution in [2.75, 3.05) is 13.7 Å². The number of rotatable bonds is 7. The van der Waals surface area contributed by atoms with Crippen LogP contribution < -0.4 is 10.6 Å². The van der Waals surface area contributed by atoms with Crippen LogP contribution in [0.2, 0.25) is 0 Å². The number of fused-ring (bicyclic) bond motifs is 1. The number of hydrogen-bond acceptors (Lipinski definition) is 4. The first-order chi connectivity index (χ1) is 14.0. The fourth-order valence-electron chi connectivity index (χ4n) is 5.00. The van der Waals surface area contributed by atoms with Gasteiger partial charge < -0.3 is 20.6 Å². The predicted molar refractivity (Wildman–Crippen MR) is 116 cm³/mol. The van der Waals surface area contributed by atoms with E-state index in [1.807, 2.05) is 46.8 Å². The van der Waals surface area contributed by atoms with Crippen molar-refractivity contribution in [1.29, 1.82) is 0 Å². The van der Waals surface area contributed by atoms with Gasteiger partial charge in [-0.25, -0.2) is 0 Å². The number of aliphatic hydroxyl groups excluding tert-OH is 1. The zero-order chi connectivity index (χ0) is 22.8. The maximum Gasteiger partial charge on any atom is 0.243 e. The number of nitrogens with one attached hydrogen (secondary N) is 2. The Morgan fingerprint density at radius 2 is 1.83 bits per heavy atom. The Morgan fingerprint density at radius 1 is 1.20 bits per heavy atom. The Balaban J connectivity index is 2.57. The van der Waals surface area contributed by atoms with E-state index in [2.05, 4.69) is 17.6 Å². The summed E-state index contributed by atoms with van der Waals surface area (Å²) in [4.78, 5) is 41.5. The van der Waals surface area contributed by atoms with E-state index in [-0.39, 0.29) is 36.2 Å². The van der Waals surface area contributed by atoms with Gasteiger partial charge in [-0.2, -0.15) is 0 Å². The Morgan fingerprint density at radius 3 is 2.30 bits per heavy atom. The smallest absolute Gasteiger partial charge is 0.243 e. The summed E-state index contributed by atoms with van der Waals surface area (Å²) in [6, 6.07) is -1.23. The monoisotopic (exact) mass is 421 g/mol. The minimum absolute atomic E-state index is 0.0297. The van der Waals surface area contributed by atoms with Gasteiger partial charge in [-0.3, -0.25) is 14.4 Å². The molecule has 3 N–H and O–H groups in total. The van der Waals surface area contributed by atoms with Gasteiger partial charge in [-0.05, 0) is 39.0 Å². The average Bonchev–Trinajstić information content (AvgIpc) is 2.93.